The molecule has 0 aliphatic carbocycles. The average molecular weight is 2250 g/mol. The number of nitrogens with zero attached hydrogens (tertiary/aromatic N) is 20. The van der Waals surface area contributed by atoms with Crippen molar-refractivity contribution >= 4 is 157 Å². The van der Waals surface area contributed by atoms with E-state index in [1.165, 1.54) is 40.0 Å². The maximum atomic E-state index is 13.1. The third kappa shape index (κ3) is 37.3. The summed E-state index contributed by atoms with van der Waals surface area (Å²) < 4.78 is 149. The zero-order valence-electron chi connectivity index (χ0n) is 82.4. The van der Waals surface area contributed by atoms with Crippen LogP contribution in [0.4, 0.5) is 33.2 Å². The molecule has 5 aliphatic heterocycles. The van der Waals surface area contributed by atoms with E-state index in [2.05, 4.69) is 24.9 Å². The number of aromatic nitrogens is 5. The van der Waals surface area contributed by atoms with E-state index in [0.29, 0.717) is 214 Å². The summed E-state index contributed by atoms with van der Waals surface area (Å²) in [7, 11) is -18.3. The van der Waals surface area contributed by atoms with Crippen molar-refractivity contribution in [2.75, 3.05) is 184 Å². The Morgan fingerprint density at radius 2 is 0.600 bits per heavy atom. The second-order valence-electron chi connectivity index (χ2n) is 35.8. The van der Waals surface area contributed by atoms with Crippen molar-refractivity contribution < 1.29 is 96.5 Å². The second-order valence-corrected chi connectivity index (χ2v) is 47.5. The van der Waals surface area contributed by atoms with Gasteiger partial charge in [-0.1, -0.05) is 180 Å². The molecule has 0 radical (unpaired) electrons. The van der Waals surface area contributed by atoms with Gasteiger partial charge in [0.1, 0.15) is 34.8 Å². The first-order valence-corrected chi connectivity index (χ1v) is 58.0. The Labute approximate surface area is 895 Å². The van der Waals surface area contributed by atoms with Crippen LogP contribution in [0.3, 0.4) is 0 Å². The van der Waals surface area contributed by atoms with Crippen LogP contribution in [0.2, 0.25) is 20.2 Å². The maximum Gasteiger partial charge on any atom is 0.233 e. The van der Waals surface area contributed by atoms with Gasteiger partial charge in [0, 0.05) is 173 Å². The number of halogens is 5. The number of rotatable bonds is 45. The highest BCUT2D eigenvalue weighted by Crippen LogP contribution is 2.31. The van der Waals surface area contributed by atoms with Gasteiger partial charge >= 0.3 is 0 Å². The van der Waals surface area contributed by atoms with Crippen LogP contribution in [0.5, 0.6) is 0 Å². The first kappa shape index (κ1) is 119. The minimum absolute atomic E-state index is 0.232. The normalized spacial score (nSPS) is 16.3. The van der Waals surface area contributed by atoms with Gasteiger partial charge in [-0.25, -0.2) is 91.7 Å². The molecule has 10 aromatic rings. The van der Waals surface area contributed by atoms with Gasteiger partial charge < -0.3 is 24.5 Å². The van der Waals surface area contributed by atoms with Crippen LogP contribution in [0, 0.1) is 5.82 Å². The van der Waals surface area contributed by atoms with E-state index in [4.69, 9.17) is 46.4 Å². The number of carbonyl (C=O) groups is 5. The summed E-state index contributed by atoms with van der Waals surface area (Å²) in [5.74, 6) is 0.242. The number of benzene rings is 6. The fourth-order valence-corrected chi connectivity index (χ4v) is 26.6. The lowest BCUT2D eigenvalue weighted by atomic mass is 10.1. The summed E-state index contributed by atoms with van der Waals surface area (Å²) in [6.45, 7) is 7.99. The Hall–Kier alpha value is -11.4. The van der Waals surface area contributed by atoms with Crippen molar-refractivity contribution in [2.24, 2.45) is 0 Å². The molecule has 15 rings (SSSR count). The van der Waals surface area contributed by atoms with E-state index in [1.807, 2.05) is 176 Å². The molecule has 0 spiro atoms. The molecular formula is C100H125Cl4FN20O20S5. The molecule has 40 nitrogen and oxygen atoms in total. The van der Waals surface area contributed by atoms with Crippen molar-refractivity contribution in [3.8, 4) is 0 Å². The molecule has 0 bridgehead atoms. The highest BCUT2D eigenvalue weighted by molar-refractivity contribution is 7.90. The minimum atomic E-state index is -3.68. The number of anilines is 5. The third-order valence-corrected chi connectivity index (χ3v) is 36.9. The van der Waals surface area contributed by atoms with Gasteiger partial charge in [0.25, 0.3) is 0 Å². The van der Waals surface area contributed by atoms with Crippen molar-refractivity contribution in [3.05, 3.63) is 297 Å². The Balaban J connectivity index is 0.000000178. The molecule has 5 N–H and O–H groups in total. The number of piperazine rings is 5. The Kier molecular flexibility index (Phi) is 46.8. The van der Waals surface area contributed by atoms with Gasteiger partial charge in [0.05, 0.1) is 74.0 Å². The molecule has 150 heavy (non-hydrogen) atoms. The highest BCUT2D eigenvalue weighted by Gasteiger charge is 2.39. The number of amides is 5. The van der Waals surface area contributed by atoms with Gasteiger partial charge in [-0.3, -0.25) is 55.0 Å². The predicted molar refractivity (Wildman–Crippen MR) is 570 cm³/mol. The van der Waals surface area contributed by atoms with Crippen molar-refractivity contribution in [1.82, 2.24) is 71.8 Å². The lowest BCUT2D eigenvalue weighted by Crippen LogP contribution is -2.51. The summed E-state index contributed by atoms with van der Waals surface area (Å²) in [5.41, 5.74) is 6.68. The van der Waals surface area contributed by atoms with E-state index in [0.717, 1.165) is 50.8 Å². The molecule has 5 aliphatic rings. The van der Waals surface area contributed by atoms with E-state index >= 15 is 0 Å². The molecule has 9 heterocycles. The number of pyridine rings is 3. The molecule has 6 aromatic carbocycles. The number of aryl methyl sites for hydroxylation is 5. The third-order valence-electron chi connectivity index (χ3n) is 25.9. The van der Waals surface area contributed by atoms with Gasteiger partial charge in [-0.15, -0.1) is 0 Å². The highest BCUT2D eigenvalue weighted by atomic mass is 35.5. The lowest BCUT2D eigenvalue weighted by Gasteiger charge is -2.36. The number of hydrogen-bond acceptors (Lipinski definition) is 30. The van der Waals surface area contributed by atoms with E-state index in [9.17, 15) is 96.5 Å². The smallest absolute Gasteiger partial charge is 0.233 e. The Morgan fingerprint density at radius 1 is 0.293 bits per heavy atom. The minimum Gasteiger partial charge on any atom is -0.369 e. The van der Waals surface area contributed by atoms with Crippen LogP contribution in [-0.4, -0.2) is 362 Å². The van der Waals surface area contributed by atoms with Crippen LogP contribution >= 0.6 is 46.4 Å². The summed E-state index contributed by atoms with van der Waals surface area (Å²) in [5, 5.41) is 53.7. The van der Waals surface area contributed by atoms with Crippen LogP contribution in [-0.2, 0) is 106 Å². The first-order chi connectivity index (χ1) is 71.9. The zero-order valence-corrected chi connectivity index (χ0v) is 89.5. The quantitative estimate of drug-likeness (QED) is 0.0102. The summed E-state index contributed by atoms with van der Waals surface area (Å²) in [4.78, 5) is 86.1. The standard InChI is InChI=1S/C21H25Cl2N3O4S.C20H25ClN4O4S.C20H25FN4O4S.C20H26N4O4S.C19H24ClN5O4S/c22-20-9-8-18(14-21(20)23)24-10-12-25(13-11-24)31(29,30)15-19(26(28)16-27)7-6-17-4-2-1-3-5-17;21-18-7-9-20(22-14-18)23-10-12-24(13-11-23)30(28,29)15-19(25(27)16-26)8-6-17-4-2-1-3-5-17;21-18-4-7-19(8-5-18)23-10-12-24(13-11-23)30(28,29)15-20(25(27)16-26)6-3-17-2-1-9-22-14-17;25-17-24(26)19(10-9-18-6-2-1-3-7-18)16-29(27,28)23-14-12-22(13-15-23)20-8-4-5-11-21-20;20-18-12-19(22-14-21-18)23-8-10-24(11-9-23)30(28,29)13-17(25(27)15-26)7-6-16-4-2-1-3-5-16/h1-5,8-9,14,16,19,28H,6-7,10-13,15H2;1-5,7,9,14,16,19,27H,6,8,10-13,15H2;1-2,4-5,7-9,14,16,20,27H,3,6,10-13,15H2;1-8,11,17,19,26H,9-10,12-16H2;1-5,12,14-15,17,27H,6-11,13H2. The largest absolute Gasteiger partial charge is 0.369 e. The Bertz CT molecular complexity index is 6280. The van der Waals surface area contributed by atoms with Crippen LogP contribution in [0.15, 0.2) is 243 Å². The molecular weight excluding hydrogens is 2120 g/mol. The zero-order chi connectivity index (χ0) is 108. The van der Waals surface area contributed by atoms with Gasteiger partial charge in [0.15, 0.2) is 0 Å². The van der Waals surface area contributed by atoms with E-state index in [-0.39, 0.29) is 99.2 Å². The molecule has 810 valence electrons. The van der Waals surface area contributed by atoms with Gasteiger partial charge in [-0.05, 0) is 165 Å². The fraction of sp³-hybridized carbons (Fsp3) is 0.400. The molecule has 5 saturated heterocycles. The maximum absolute atomic E-state index is 13.1. The molecule has 5 amide bonds. The van der Waals surface area contributed by atoms with Crippen molar-refractivity contribution in [1.29, 1.82) is 0 Å². The van der Waals surface area contributed by atoms with Crippen LogP contribution < -0.4 is 24.5 Å². The first-order valence-electron chi connectivity index (χ1n) is 48.5. The van der Waals surface area contributed by atoms with Gasteiger partial charge in [-0.2, -0.15) is 21.5 Å². The lowest BCUT2D eigenvalue weighted by molar-refractivity contribution is -0.159. The van der Waals surface area contributed by atoms with Crippen molar-refractivity contribution in [2.45, 2.75) is 94.4 Å². The fourth-order valence-electron chi connectivity index (χ4n) is 17.4. The molecule has 5 unspecified atom stereocenters. The Morgan fingerprint density at radius 3 is 0.900 bits per heavy atom. The molecule has 50 heteroatoms. The van der Waals surface area contributed by atoms with Crippen LogP contribution in [0.25, 0.3) is 0 Å². The topological polar surface area (TPSA) is 470 Å². The van der Waals surface area contributed by atoms with Gasteiger partial charge in [0.2, 0.25) is 82.2 Å². The number of hydroxylamine groups is 10. The summed E-state index contributed by atoms with van der Waals surface area (Å²) in [6, 6.07) is 59.9. The number of carbonyl (C=O) groups excluding carboxylic acids is 5. The molecule has 5 atom stereocenters. The van der Waals surface area contributed by atoms with E-state index in [1.54, 1.807) is 73.3 Å². The summed E-state index contributed by atoms with van der Waals surface area (Å²) in [6.07, 6.45) is 13.6. The SMILES string of the molecule is O=CN(O)C(CCc1ccccc1)CS(=O)(=O)N1CCN(c2cc(Cl)ncn2)CC1.O=CN(O)C(CCc1ccccc1)CS(=O)(=O)N1CCN(c2ccc(Cl)c(Cl)c2)CC1.O=CN(O)C(CCc1ccccc1)CS(=O)(=O)N1CCN(c2ccc(Cl)cn2)CC1.O=CN(O)C(CCc1ccccc1)CS(=O)(=O)N1CCN(c2ccccn2)CC1.O=CN(O)C(CCc1cccnc1)CS(=O)(=O)N1CCN(c2ccc(F)cc2)CC1. The summed E-state index contributed by atoms with van der Waals surface area (Å²) >= 11 is 23.8. The number of hydrogen-bond donors (Lipinski definition) is 5. The molecule has 5 fully saturated rings. The molecule has 0 saturated carbocycles. The second kappa shape index (κ2) is 59.0. The number of sulfonamides is 5. The van der Waals surface area contributed by atoms with Crippen molar-refractivity contribution in [3.63, 3.8) is 0 Å². The van der Waals surface area contributed by atoms with Crippen LogP contribution in [0.1, 0.15) is 59.9 Å². The monoisotopic (exact) mass is 2240 g/mol. The van der Waals surface area contributed by atoms with E-state index < -0.39 is 80.3 Å². The predicted octanol–water partition coefficient (Wildman–Crippen LogP) is 9.66. The average Bonchev–Trinajstić information content (AvgIpc) is 0.824. The molecule has 4 aromatic heterocycles.